The van der Waals surface area contributed by atoms with Crippen LogP contribution in [0.3, 0.4) is 0 Å². The second kappa shape index (κ2) is 7.03. The number of hydrogen-bond donors (Lipinski definition) is 2. The van der Waals surface area contributed by atoms with Crippen molar-refractivity contribution in [3.8, 4) is 0 Å². The molecular formula is C9H19F3N2O. The van der Waals surface area contributed by atoms with Crippen LogP contribution >= 0.6 is 0 Å². The number of aliphatic hydroxyl groups excluding tert-OH is 1. The zero-order chi connectivity index (χ0) is 11.9. The van der Waals surface area contributed by atoms with E-state index in [9.17, 15) is 13.2 Å². The van der Waals surface area contributed by atoms with Crippen LogP contribution in [-0.2, 0) is 0 Å². The van der Waals surface area contributed by atoms with Crippen LogP contribution in [0.5, 0.6) is 0 Å². The van der Waals surface area contributed by atoms with Crippen LogP contribution < -0.4 is 5.32 Å². The van der Waals surface area contributed by atoms with Crippen LogP contribution in [0, 0.1) is 0 Å². The first kappa shape index (κ1) is 14.7. The average Bonchev–Trinajstić information content (AvgIpc) is 2.11. The molecule has 0 heterocycles. The third kappa shape index (κ3) is 7.58. The van der Waals surface area contributed by atoms with Crippen LogP contribution in [0.2, 0.25) is 0 Å². The van der Waals surface area contributed by atoms with Gasteiger partial charge in [0.05, 0.1) is 13.2 Å². The topological polar surface area (TPSA) is 35.5 Å². The number of likely N-dealkylation sites (N-methyl/N-ethyl adjacent to an activating group) is 1. The highest BCUT2D eigenvalue weighted by atomic mass is 19.4. The summed E-state index contributed by atoms with van der Waals surface area (Å²) < 4.78 is 36.5. The lowest BCUT2D eigenvalue weighted by Crippen LogP contribution is -2.45. The number of alkyl halides is 3. The fourth-order valence-electron chi connectivity index (χ4n) is 1.36. The molecule has 0 aliphatic heterocycles. The van der Waals surface area contributed by atoms with Gasteiger partial charge >= 0.3 is 6.18 Å². The molecule has 0 aliphatic carbocycles. The van der Waals surface area contributed by atoms with Crippen LogP contribution in [0.25, 0.3) is 0 Å². The molecule has 0 aromatic heterocycles. The summed E-state index contributed by atoms with van der Waals surface area (Å²) in [7, 11) is 1.62. The van der Waals surface area contributed by atoms with Gasteiger partial charge in [-0.05, 0) is 20.0 Å². The molecule has 0 amide bonds. The van der Waals surface area contributed by atoms with Crippen LogP contribution in [0.4, 0.5) is 13.2 Å². The standard InChI is InChI=1S/C9H19F3N2O/c1-3-4-14(7-9(10,11)12)5-8(6-15)13-2/h8,13,15H,3-7H2,1-2H3. The van der Waals surface area contributed by atoms with E-state index in [2.05, 4.69) is 5.32 Å². The Morgan fingerprint density at radius 1 is 1.40 bits per heavy atom. The van der Waals surface area contributed by atoms with E-state index in [-0.39, 0.29) is 19.2 Å². The number of nitrogens with zero attached hydrogens (tertiary/aromatic N) is 1. The first-order valence-electron chi connectivity index (χ1n) is 5.00. The highest BCUT2D eigenvalue weighted by Gasteiger charge is 2.30. The minimum absolute atomic E-state index is 0.158. The molecule has 0 aromatic rings. The summed E-state index contributed by atoms with van der Waals surface area (Å²) in [4.78, 5) is 1.30. The van der Waals surface area contributed by atoms with Gasteiger partial charge in [-0.15, -0.1) is 0 Å². The lowest BCUT2D eigenvalue weighted by atomic mass is 10.2. The van der Waals surface area contributed by atoms with E-state index < -0.39 is 12.7 Å². The maximum absolute atomic E-state index is 12.2. The minimum atomic E-state index is -4.18. The zero-order valence-electron chi connectivity index (χ0n) is 9.14. The number of aliphatic hydroxyl groups is 1. The largest absolute Gasteiger partial charge is 0.401 e. The van der Waals surface area contributed by atoms with Crippen molar-refractivity contribution in [3.63, 3.8) is 0 Å². The van der Waals surface area contributed by atoms with Crippen molar-refractivity contribution < 1.29 is 18.3 Å². The highest BCUT2D eigenvalue weighted by molar-refractivity contribution is 4.71. The van der Waals surface area contributed by atoms with Gasteiger partial charge in [0.15, 0.2) is 0 Å². The fourth-order valence-corrected chi connectivity index (χ4v) is 1.36. The van der Waals surface area contributed by atoms with E-state index in [4.69, 9.17) is 5.11 Å². The molecule has 92 valence electrons. The molecule has 1 atom stereocenters. The molecule has 3 nitrogen and oxygen atoms in total. The molecule has 2 N–H and O–H groups in total. The Morgan fingerprint density at radius 2 is 2.00 bits per heavy atom. The Kier molecular flexibility index (Phi) is 6.87. The highest BCUT2D eigenvalue weighted by Crippen LogP contribution is 2.16. The average molecular weight is 228 g/mol. The predicted octanol–water partition coefficient (Wildman–Crippen LogP) is 0.841. The molecule has 1 unspecified atom stereocenters. The van der Waals surface area contributed by atoms with Crippen molar-refractivity contribution in [2.75, 3.05) is 33.3 Å². The first-order valence-corrected chi connectivity index (χ1v) is 5.00. The Labute approximate surface area is 88.3 Å². The van der Waals surface area contributed by atoms with E-state index in [1.807, 2.05) is 6.92 Å². The third-order valence-electron chi connectivity index (χ3n) is 2.05. The van der Waals surface area contributed by atoms with E-state index in [0.29, 0.717) is 13.0 Å². The van der Waals surface area contributed by atoms with Crippen molar-refractivity contribution in [1.29, 1.82) is 0 Å². The summed E-state index contributed by atoms with van der Waals surface area (Å²) in [5, 5.41) is 11.6. The summed E-state index contributed by atoms with van der Waals surface area (Å²) in [6.07, 6.45) is -3.51. The smallest absolute Gasteiger partial charge is 0.395 e. The molecule has 0 saturated carbocycles. The van der Waals surface area contributed by atoms with E-state index in [1.165, 1.54) is 4.90 Å². The van der Waals surface area contributed by atoms with Gasteiger partial charge in [0, 0.05) is 12.6 Å². The number of nitrogens with one attached hydrogen (secondary N) is 1. The van der Waals surface area contributed by atoms with E-state index in [0.717, 1.165) is 0 Å². The molecular weight excluding hydrogens is 209 g/mol. The van der Waals surface area contributed by atoms with Crippen LogP contribution in [-0.4, -0.2) is 55.5 Å². The summed E-state index contributed by atoms with van der Waals surface area (Å²) in [5.74, 6) is 0. The van der Waals surface area contributed by atoms with Crippen molar-refractivity contribution in [2.24, 2.45) is 0 Å². The van der Waals surface area contributed by atoms with Gasteiger partial charge in [-0.2, -0.15) is 13.2 Å². The zero-order valence-corrected chi connectivity index (χ0v) is 9.14. The lowest BCUT2D eigenvalue weighted by molar-refractivity contribution is -0.146. The molecule has 0 fully saturated rings. The quantitative estimate of drug-likeness (QED) is 0.678. The maximum Gasteiger partial charge on any atom is 0.401 e. The van der Waals surface area contributed by atoms with Crippen LogP contribution in [0.1, 0.15) is 13.3 Å². The fraction of sp³-hybridized carbons (Fsp3) is 1.00. The van der Waals surface area contributed by atoms with Crippen LogP contribution in [0.15, 0.2) is 0 Å². The second-order valence-corrected chi connectivity index (χ2v) is 3.52. The second-order valence-electron chi connectivity index (χ2n) is 3.52. The summed E-state index contributed by atoms with van der Waals surface area (Å²) in [6.45, 7) is 1.35. The summed E-state index contributed by atoms with van der Waals surface area (Å²) in [6, 6.07) is -0.307. The van der Waals surface area contributed by atoms with Crippen molar-refractivity contribution >= 4 is 0 Å². The molecule has 15 heavy (non-hydrogen) atoms. The lowest BCUT2D eigenvalue weighted by Gasteiger charge is -2.26. The van der Waals surface area contributed by atoms with Crippen molar-refractivity contribution in [1.82, 2.24) is 10.2 Å². The van der Waals surface area contributed by atoms with Gasteiger partial charge in [-0.1, -0.05) is 6.92 Å². The van der Waals surface area contributed by atoms with Gasteiger partial charge < -0.3 is 10.4 Å². The number of rotatable bonds is 7. The molecule has 0 rings (SSSR count). The summed E-state index contributed by atoms with van der Waals surface area (Å²) >= 11 is 0. The molecule has 0 aliphatic rings. The molecule has 0 saturated heterocycles. The Morgan fingerprint density at radius 3 is 2.33 bits per heavy atom. The molecule has 0 aromatic carbocycles. The minimum Gasteiger partial charge on any atom is -0.395 e. The molecule has 0 bridgehead atoms. The maximum atomic E-state index is 12.2. The van der Waals surface area contributed by atoms with Gasteiger partial charge in [0.2, 0.25) is 0 Å². The Balaban J connectivity index is 4.14. The number of hydrogen-bond acceptors (Lipinski definition) is 3. The van der Waals surface area contributed by atoms with Gasteiger partial charge in [-0.3, -0.25) is 4.90 Å². The molecule has 6 heteroatoms. The monoisotopic (exact) mass is 228 g/mol. The van der Waals surface area contributed by atoms with Gasteiger partial charge in [0.1, 0.15) is 0 Å². The normalized spacial score (nSPS) is 14.6. The van der Waals surface area contributed by atoms with Crippen molar-refractivity contribution in [2.45, 2.75) is 25.6 Å². The van der Waals surface area contributed by atoms with Gasteiger partial charge in [-0.25, -0.2) is 0 Å². The Hall–Kier alpha value is -0.330. The first-order chi connectivity index (χ1) is 6.92. The molecule has 0 spiro atoms. The predicted molar refractivity (Wildman–Crippen MR) is 52.7 cm³/mol. The third-order valence-corrected chi connectivity index (χ3v) is 2.05. The molecule has 0 radical (unpaired) electrons. The summed E-state index contributed by atoms with van der Waals surface area (Å²) in [5.41, 5.74) is 0. The van der Waals surface area contributed by atoms with E-state index in [1.54, 1.807) is 7.05 Å². The SMILES string of the molecule is CCCN(CC(CO)NC)CC(F)(F)F. The van der Waals surface area contributed by atoms with Gasteiger partial charge in [0.25, 0.3) is 0 Å². The van der Waals surface area contributed by atoms with E-state index >= 15 is 0 Å². The number of halogens is 3. The Bertz CT molecular complexity index is 160. The van der Waals surface area contributed by atoms with Crippen molar-refractivity contribution in [3.05, 3.63) is 0 Å².